The standard InChI is InChI=1S/C19H17ClN4/c20-16-6-8-17(9-7-16)24-19(21)10-5-14-1-3-15(4-2-14)11-18-12-22-13-23-18/h1-10,12-13H,11H2,(H2,21,24)(H,22,23)/b10-5+. The molecule has 3 N–H and O–H groups in total. The van der Waals surface area contributed by atoms with E-state index in [1.165, 1.54) is 5.56 Å². The first-order chi connectivity index (χ1) is 11.7. The molecule has 0 atom stereocenters. The quantitative estimate of drug-likeness (QED) is 0.464. The molecule has 5 heteroatoms. The zero-order valence-electron chi connectivity index (χ0n) is 13.0. The van der Waals surface area contributed by atoms with E-state index in [2.05, 4.69) is 27.4 Å². The lowest BCUT2D eigenvalue weighted by Gasteiger charge is -2.04. The molecule has 0 aliphatic rings. The van der Waals surface area contributed by atoms with Crippen LogP contribution < -0.4 is 5.32 Å². The largest absolute Gasteiger partial charge is 0.351 e. The third-order valence-corrected chi connectivity index (χ3v) is 3.74. The van der Waals surface area contributed by atoms with Crippen molar-refractivity contribution < 1.29 is 0 Å². The molecule has 2 aromatic carbocycles. The van der Waals surface area contributed by atoms with E-state index in [4.69, 9.17) is 17.0 Å². The molecule has 0 aliphatic heterocycles. The Hall–Kier alpha value is -2.85. The average molecular weight is 337 g/mol. The molecule has 0 saturated heterocycles. The summed E-state index contributed by atoms with van der Waals surface area (Å²) in [6.07, 6.45) is 8.03. The van der Waals surface area contributed by atoms with Crippen LogP contribution in [0.3, 0.4) is 0 Å². The van der Waals surface area contributed by atoms with Crippen molar-refractivity contribution >= 4 is 29.2 Å². The van der Waals surface area contributed by atoms with E-state index in [9.17, 15) is 0 Å². The van der Waals surface area contributed by atoms with Crippen molar-refractivity contribution in [3.63, 3.8) is 0 Å². The molecule has 0 spiro atoms. The Bertz CT molecular complexity index is 819. The predicted octanol–water partition coefficient (Wildman–Crippen LogP) is 4.76. The summed E-state index contributed by atoms with van der Waals surface area (Å²) in [4.78, 5) is 7.18. The number of nitrogens with one attached hydrogen (secondary N) is 3. The second-order valence-electron chi connectivity index (χ2n) is 5.36. The zero-order chi connectivity index (χ0) is 16.8. The summed E-state index contributed by atoms with van der Waals surface area (Å²) >= 11 is 5.85. The highest BCUT2D eigenvalue weighted by Crippen LogP contribution is 2.14. The van der Waals surface area contributed by atoms with Gasteiger partial charge in [0.15, 0.2) is 0 Å². The molecule has 0 bridgehead atoms. The Morgan fingerprint density at radius 2 is 1.88 bits per heavy atom. The molecule has 120 valence electrons. The number of rotatable bonds is 5. The van der Waals surface area contributed by atoms with E-state index in [-0.39, 0.29) is 0 Å². The van der Waals surface area contributed by atoms with Gasteiger partial charge in [-0.1, -0.05) is 41.9 Å². The van der Waals surface area contributed by atoms with Crippen molar-refractivity contribution in [2.75, 3.05) is 5.32 Å². The maximum absolute atomic E-state index is 7.96. The highest BCUT2D eigenvalue weighted by molar-refractivity contribution is 6.30. The summed E-state index contributed by atoms with van der Waals surface area (Å²) in [5.74, 6) is 0.318. The SMILES string of the molecule is N=C(/C=C/c1ccc(Cc2c[nH]cn2)cc1)Nc1ccc(Cl)cc1. The number of benzene rings is 2. The van der Waals surface area contributed by atoms with Crippen molar-refractivity contribution in [3.8, 4) is 0 Å². The molecule has 3 rings (SSSR count). The Morgan fingerprint density at radius 1 is 1.12 bits per heavy atom. The van der Waals surface area contributed by atoms with E-state index in [1.807, 2.05) is 36.5 Å². The van der Waals surface area contributed by atoms with E-state index in [0.717, 1.165) is 23.4 Å². The van der Waals surface area contributed by atoms with Crippen LogP contribution in [-0.2, 0) is 6.42 Å². The van der Waals surface area contributed by atoms with E-state index in [0.29, 0.717) is 10.9 Å². The lowest BCUT2D eigenvalue weighted by Crippen LogP contribution is -2.06. The van der Waals surface area contributed by atoms with Gasteiger partial charge in [0.05, 0.1) is 12.0 Å². The fourth-order valence-corrected chi connectivity index (χ4v) is 2.38. The van der Waals surface area contributed by atoms with Crippen LogP contribution >= 0.6 is 11.6 Å². The van der Waals surface area contributed by atoms with Gasteiger partial charge < -0.3 is 10.3 Å². The molecule has 1 heterocycles. The molecule has 3 aromatic rings. The van der Waals surface area contributed by atoms with Crippen LogP contribution in [0, 0.1) is 5.41 Å². The second-order valence-corrected chi connectivity index (χ2v) is 5.79. The number of nitrogens with zero attached hydrogens (tertiary/aromatic N) is 1. The number of halogens is 1. The van der Waals surface area contributed by atoms with Gasteiger partial charge >= 0.3 is 0 Å². The topological polar surface area (TPSA) is 64.6 Å². The Morgan fingerprint density at radius 3 is 2.54 bits per heavy atom. The fourth-order valence-electron chi connectivity index (χ4n) is 2.25. The minimum absolute atomic E-state index is 0.318. The zero-order valence-corrected chi connectivity index (χ0v) is 13.7. The van der Waals surface area contributed by atoms with Crippen LogP contribution in [0.2, 0.25) is 5.02 Å². The minimum atomic E-state index is 0.318. The van der Waals surface area contributed by atoms with Crippen LogP contribution in [0.4, 0.5) is 5.69 Å². The monoisotopic (exact) mass is 336 g/mol. The lowest BCUT2D eigenvalue weighted by atomic mass is 10.1. The van der Waals surface area contributed by atoms with Crippen molar-refractivity contribution in [2.24, 2.45) is 0 Å². The van der Waals surface area contributed by atoms with Gasteiger partial charge in [0.1, 0.15) is 5.84 Å². The summed E-state index contributed by atoms with van der Waals surface area (Å²) in [6.45, 7) is 0. The van der Waals surface area contributed by atoms with Gasteiger partial charge in [-0.25, -0.2) is 4.98 Å². The number of aromatic amines is 1. The van der Waals surface area contributed by atoms with Crippen LogP contribution in [0.15, 0.2) is 67.1 Å². The molecule has 0 radical (unpaired) electrons. The van der Waals surface area contributed by atoms with Crippen LogP contribution in [0.5, 0.6) is 0 Å². The van der Waals surface area contributed by atoms with Crippen molar-refractivity contribution in [3.05, 3.63) is 89.0 Å². The number of anilines is 1. The Kier molecular flexibility index (Phi) is 5.08. The van der Waals surface area contributed by atoms with E-state index < -0.39 is 0 Å². The summed E-state index contributed by atoms with van der Waals surface area (Å²) < 4.78 is 0. The van der Waals surface area contributed by atoms with Gasteiger partial charge in [0, 0.05) is 23.3 Å². The second kappa shape index (κ2) is 7.62. The molecule has 1 aromatic heterocycles. The van der Waals surface area contributed by atoms with Crippen molar-refractivity contribution in [2.45, 2.75) is 6.42 Å². The first-order valence-electron chi connectivity index (χ1n) is 7.55. The summed E-state index contributed by atoms with van der Waals surface area (Å²) in [5, 5.41) is 11.6. The molecule has 0 aliphatic carbocycles. The first-order valence-corrected chi connectivity index (χ1v) is 7.93. The number of amidine groups is 1. The molecule has 0 unspecified atom stereocenters. The van der Waals surface area contributed by atoms with E-state index in [1.54, 1.807) is 24.5 Å². The number of H-pyrrole nitrogens is 1. The third-order valence-electron chi connectivity index (χ3n) is 3.49. The maximum atomic E-state index is 7.96. The third kappa shape index (κ3) is 4.57. The van der Waals surface area contributed by atoms with Crippen LogP contribution in [0.1, 0.15) is 16.8 Å². The number of hydrogen-bond donors (Lipinski definition) is 3. The Balaban J connectivity index is 1.57. The van der Waals surface area contributed by atoms with Crippen LogP contribution in [-0.4, -0.2) is 15.8 Å². The fraction of sp³-hybridized carbons (Fsp3) is 0.0526. The summed E-state index contributed by atoms with van der Waals surface area (Å²) in [6, 6.07) is 15.5. The highest BCUT2D eigenvalue weighted by atomic mass is 35.5. The summed E-state index contributed by atoms with van der Waals surface area (Å²) in [7, 11) is 0. The van der Waals surface area contributed by atoms with Crippen molar-refractivity contribution in [1.82, 2.24) is 9.97 Å². The van der Waals surface area contributed by atoms with Crippen molar-refractivity contribution in [1.29, 1.82) is 5.41 Å². The smallest absolute Gasteiger partial charge is 0.122 e. The molecule has 0 saturated carbocycles. The van der Waals surface area contributed by atoms with Gasteiger partial charge in [-0.05, 0) is 41.5 Å². The van der Waals surface area contributed by atoms with Crippen LogP contribution in [0.25, 0.3) is 6.08 Å². The molecule has 24 heavy (non-hydrogen) atoms. The summed E-state index contributed by atoms with van der Waals surface area (Å²) in [5.41, 5.74) is 4.10. The Labute approximate surface area is 145 Å². The molecular formula is C19H17ClN4. The maximum Gasteiger partial charge on any atom is 0.122 e. The number of aromatic nitrogens is 2. The van der Waals surface area contributed by atoms with Gasteiger partial charge in [-0.2, -0.15) is 0 Å². The first kappa shape index (κ1) is 16.0. The minimum Gasteiger partial charge on any atom is -0.351 e. The van der Waals surface area contributed by atoms with E-state index >= 15 is 0 Å². The highest BCUT2D eigenvalue weighted by Gasteiger charge is 1.98. The normalized spacial score (nSPS) is 10.9. The molecular weight excluding hydrogens is 320 g/mol. The average Bonchev–Trinajstić information content (AvgIpc) is 3.09. The molecule has 0 amide bonds. The molecule has 4 nitrogen and oxygen atoms in total. The van der Waals surface area contributed by atoms with Gasteiger partial charge in [0.2, 0.25) is 0 Å². The van der Waals surface area contributed by atoms with Gasteiger partial charge in [-0.3, -0.25) is 5.41 Å². The predicted molar refractivity (Wildman–Crippen MR) is 99.7 cm³/mol. The lowest BCUT2D eigenvalue weighted by molar-refractivity contribution is 1.11. The van der Waals surface area contributed by atoms with Gasteiger partial charge in [0.25, 0.3) is 0 Å². The van der Waals surface area contributed by atoms with Gasteiger partial charge in [-0.15, -0.1) is 0 Å². The number of imidazole rings is 1. The number of hydrogen-bond acceptors (Lipinski definition) is 2. The molecule has 0 fully saturated rings.